The summed E-state index contributed by atoms with van der Waals surface area (Å²) in [5, 5.41) is 47.4. The lowest BCUT2D eigenvalue weighted by atomic mass is 9.88. The molecule has 0 amide bonds. The quantitative estimate of drug-likeness (QED) is 0.159. The van der Waals surface area contributed by atoms with Gasteiger partial charge < -0.3 is 41.7 Å². The van der Waals surface area contributed by atoms with E-state index in [4.69, 9.17) is 11.5 Å². The molecule has 8 N–H and O–H groups in total. The van der Waals surface area contributed by atoms with Gasteiger partial charge in [0.2, 0.25) is 0 Å². The predicted molar refractivity (Wildman–Crippen MR) is 197 cm³/mol. The summed E-state index contributed by atoms with van der Waals surface area (Å²) in [5.41, 5.74) is 8.94. The van der Waals surface area contributed by atoms with Crippen LogP contribution in [0.2, 0.25) is 0 Å². The van der Waals surface area contributed by atoms with Gasteiger partial charge in [0.1, 0.15) is 17.7 Å². The summed E-state index contributed by atoms with van der Waals surface area (Å²) in [4.78, 5) is 16.8. The van der Waals surface area contributed by atoms with Crippen LogP contribution >= 0.6 is 0 Å². The third kappa shape index (κ3) is 13.4. The third-order valence-electron chi connectivity index (χ3n) is 8.76. The van der Waals surface area contributed by atoms with Gasteiger partial charge in [0.25, 0.3) is 0 Å². The highest BCUT2D eigenvalue weighted by molar-refractivity contribution is 5.48. The van der Waals surface area contributed by atoms with E-state index in [0.717, 1.165) is 30.4 Å². The number of β-amino-alcohol motifs (C(OH)–C–C–N with tert-alkyl or cyclic N) is 1. The summed E-state index contributed by atoms with van der Waals surface area (Å²) in [7, 11) is 0. The molecule has 2 fully saturated rings. The van der Waals surface area contributed by atoms with E-state index in [0.29, 0.717) is 43.6 Å². The number of nitrogens with zero attached hydrogens (tertiary/aromatic N) is 8. The maximum atomic E-state index is 11.8. The van der Waals surface area contributed by atoms with Gasteiger partial charge in [-0.05, 0) is 48.9 Å². The van der Waals surface area contributed by atoms with Crippen LogP contribution < -0.4 is 21.3 Å². The van der Waals surface area contributed by atoms with Crippen LogP contribution in [0.4, 0.5) is 49.5 Å². The van der Waals surface area contributed by atoms with Gasteiger partial charge in [-0.1, -0.05) is 45.9 Å². The molecule has 5 heterocycles. The molecule has 2 saturated heterocycles. The number of benzene rings is 1. The van der Waals surface area contributed by atoms with Crippen LogP contribution in [0.25, 0.3) is 0 Å². The fourth-order valence-corrected chi connectivity index (χ4v) is 6.05. The van der Waals surface area contributed by atoms with E-state index in [9.17, 15) is 46.8 Å². The second-order valence-electron chi connectivity index (χ2n) is 13.7. The molecule has 56 heavy (non-hydrogen) atoms. The Morgan fingerprint density at radius 1 is 0.696 bits per heavy atom. The lowest BCUT2D eigenvalue weighted by molar-refractivity contribution is -0.142. The van der Waals surface area contributed by atoms with E-state index in [-0.39, 0.29) is 23.7 Å². The summed E-state index contributed by atoms with van der Waals surface area (Å²) in [6.07, 6.45) is -5.40. The van der Waals surface area contributed by atoms with E-state index < -0.39 is 48.2 Å². The zero-order valence-corrected chi connectivity index (χ0v) is 31.2. The van der Waals surface area contributed by atoms with E-state index in [1.807, 2.05) is 35.2 Å². The summed E-state index contributed by atoms with van der Waals surface area (Å²) >= 11 is 0. The summed E-state index contributed by atoms with van der Waals surface area (Å²) in [6, 6.07) is 14.0. The Morgan fingerprint density at radius 2 is 1.25 bits per heavy atom. The van der Waals surface area contributed by atoms with Crippen molar-refractivity contribution in [1.29, 1.82) is 0 Å². The molecular weight excluding hydrogens is 750 g/mol. The van der Waals surface area contributed by atoms with Crippen molar-refractivity contribution in [1.82, 2.24) is 30.1 Å². The van der Waals surface area contributed by atoms with Gasteiger partial charge in [-0.2, -0.15) is 31.4 Å². The summed E-state index contributed by atoms with van der Waals surface area (Å²) in [5.74, 6) is 0.983. The average Bonchev–Trinajstić information content (AvgIpc) is 3.14. The Hall–Kier alpha value is -4.92. The van der Waals surface area contributed by atoms with Crippen molar-refractivity contribution in [3.63, 3.8) is 0 Å². The highest BCUT2D eigenvalue weighted by Crippen LogP contribution is 2.31. The molecule has 3 aromatic heterocycles. The molecule has 0 radical (unpaired) electrons. The first-order chi connectivity index (χ1) is 26.2. The van der Waals surface area contributed by atoms with Crippen LogP contribution in [0, 0.1) is 11.8 Å². The molecule has 6 unspecified atom stereocenters. The van der Waals surface area contributed by atoms with Crippen molar-refractivity contribution in [2.24, 2.45) is 11.8 Å². The molecule has 6 atom stereocenters. The normalized spacial score (nSPS) is 22.6. The minimum Gasteiger partial charge on any atom is -0.390 e. The fourth-order valence-electron chi connectivity index (χ4n) is 6.05. The number of nitrogen functional groups attached to an aromatic ring is 2. The SMILES string of the molecule is CC(C)C1C(O)C(O)CCN1c1ccccc1.CC(C)C1CC(O)C(O)CN1c1cccnn1.Nc1cncc(C(F)(F)F)n1.Nc1cncc(C(F)(F)F)n1. The molecule has 20 heteroatoms. The number of anilines is 4. The van der Waals surface area contributed by atoms with Crippen LogP contribution in [0.3, 0.4) is 0 Å². The second-order valence-corrected chi connectivity index (χ2v) is 13.7. The standard InChI is InChI=1S/C14H21NO2.C12H19N3O2.2C5H4F3N3/c1-10(2)13-14(17)12(16)8-9-15(13)11-6-4-3-5-7-11;1-8(2)9-6-10(16)11(17)7-15(9)12-4-3-5-13-14-12;2*6-5(7,8)3-1-10-2-4(9)11-3/h3-7,10,12-14,16-17H,8-9H2,1-2H3;3-5,8-11,16-17H,6-7H2,1-2H3;2*1-2H,(H2,9,11). The monoisotopic (exact) mass is 798 g/mol. The number of halogens is 6. The molecule has 0 aliphatic carbocycles. The van der Waals surface area contributed by atoms with Gasteiger partial charge >= 0.3 is 12.4 Å². The maximum absolute atomic E-state index is 11.8. The topological polar surface area (TPSA) is 217 Å². The number of nitrogens with two attached hydrogens (primary N) is 2. The van der Waals surface area contributed by atoms with Crippen LogP contribution in [0.15, 0.2) is 73.4 Å². The molecule has 0 bridgehead atoms. The summed E-state index contributed by atoms with van der Waals surface area (Å²) in [6.45, 7) is 9.59. The Labute approximate surface area is 320 Å². The number of hydrogen-bond acceptors (Lipinski definition) is 14. The Balaban J connectivity index is 0.000000205. The lowest BCUT2D eigenvalue weighted by Gasteiger charge is -2.45. The largest absolute Gasteiger partial charge is 0.434 e. The van der Waals surface area contributed by atoms with E-state index in [2.05, 4.69) is 74.9 Å². The van der Waals surface area contributed by atoms with E-state index >= 15 is 0 Å². The smallest absolute Gasteiger partial charge is 0.390 e. The Morgan fingerprint density at radius 3 is 1.68 bits per heavy atom. The van der Waals surface area contributed by atoms with E-state index in [1.54, 1.807) is 6.20 Å². The molecule has 0 spiro atoms. The number of alkyl halides is 6. The zero-order chi connectivity index (χ0) is 41.8. The molecule has 2 aliphatic heterocycles. The van der Waals surface area contributed by atoms with Gasteiger partial charge in [-0.25, -0.2) is 9.97 Å². The summed E-state index contributed by atoms with van der Waals surface area (Å²) < 4.78 is 70.9. The molecule has 308 valence electrons. The van der Waals surface area contributed by atoms with Crippen LogP contribution in [-0.4, -0.2) is 100 Å². The molecule has 14 nitrogen and oxygen atoms in total. The van der Waals surface area contributed by atoms with Crippen molar-refractivity contribution in [3.05, 3.63) is 84.8 Å². The van der Waals surface area contributed by atoms with Crippen molar-refractivity contribution in [2.45, 2.75) is 89.4 Å². The molecule has 4 aromatic rings. The highest BCUT2D eigenvalue weighted by Gasteiger charge is 2.38. The number of aliphatic hydroxyl groups is 4. The predicted octanol–water partition coefficient (Wildman–Crippen LogP) is 4.23. The van der Waals surface area contributed by atoms with Crippen LogP contribution in [0.5, 0.6) is 0 Å². The van der Waals surface area contributed by atoms with Crippen molar-refractivity contribution in [3.8, 4) is 0 Å². The second kappa shape index (κ2) is 20.3. The number of para-hydroxylation sites is 1. The molecule has 6 rings (SSSR count). The van der Waals surface area contributed by atoms with Crippen LogP contribution in [0.1, 0.15) is 51.9 Å². The van der Waals surface area contributed by atoms with Gasteiger partial charge in [-0.15, -0.1) is 5.10 Å². The first-order valence-corrected chi connectivity index (χ1v) is 17.6. The minimum absolute atomic E-state index is 0.0128. The molecule has 1 aromatic carbocycles. The van der Waals surface area contributed by atoms with Crippen molar-refractivity contribution >= 4 is 23.1 Å². The highest BCUT2D eigenvalue weighted by atomic mass is 19.4. The van der Waals surface area contributed by atoms with E-state index in [1.165, 1.54) is 0 Å². The van der Waals surface area contributed by atoms with Gasteiger partial charge in [0.05, 0.1) is 49.1 Å². The average molecular weight is 799 g/mol. The molecule has 0 saturated carbocycles. The Bertz CT molecular complexity index is 1650. The number of piperidine rings is 2. The van der Waals surface area contributed by atoms with Crippen molar-refractivity contribution < 1.29 is 46.8 Å². The third-order valence-corrected chi connectivity index (χ3v) is 8.76. The maximum Gasteiger partial charge on any atom is 0.434 e. The fraction of sp³-hybridized carbons (Fsp3) is 0.500. The van der Waals surface area contributed by atoms with Gasteiger partial charge in [0, 0.05) is 31.0 Å². The number of rotatable bonds is 4. The minimum atomic E-state index is -4.47. The number of aromatic nitrogens is 6. The first-order valence-electron chi connectivity index (χ1n) is 17.6. The molecular formula is C36H48F6N10O4. The zero-order valence-electron chi connectivity index (χ0n) is 31.2. The first kappa shape index (κ1) is 45.5. The van der Waals surface area contributed by atoms with Crippen LogP contribution in [-0.2, 0) is 12.4 Å². The van der Waals surface area contributed by atoms with Crippen molar-refractivity contribution in [2.75, 3.05) is 34.4 Å². The van der Waals surface area contributed by atoms with Gasteiger partial charge in [-0.3, -0.25) is 9.97 Å². The number of aliphatic hydroxyl groups excluding tert-OH is 4. The number of hydrogen-bond donors (Lipinski definition) is 6. The lowest BCUT2D eigenvalue weighted by Crippen LogP contribution is -2.57. The molecule has 2 aliphatic rings. The van der Waals surface area contributed by atoms with Gasteiger partial charge in [0.15, 0.2) is 17.2 Å². The Kier molecular flexibility index (Phi) is 16.5.